The van der Waals surface area contributed by atoms with Crippen molar-refractivity contribution < 1.29 is 14.7 Å². The predicted molar refractivity (Wildman–Crippen MR) is 67.5 cm³/mol. The maximum atomic E-state index is 12.1. The number of hydrogen-bond donors (Lipinski definition) is 2. The second-order valence-corrected chi connectivity index (χ2v) is 5.03. The van der Waals surface area contributed by atoms with E-state index in [0.29, 0.717) is 0 Å². The first kappa shape index (κ1) is 12.6. The summed E-state index contributed by atoms with van der Waals surface area (Å²) < 4.78 is 0. The van der Waals surface area contributed by atoms with Crippen molar-refractivity contribution >= 4 is 11.9 Å². The van der Waals surface area contributed by atoms with Gasteiger partial charge >= 0.3 is 5.97 Å². The molecular formula is C14H17NO3. The lowest BCUT2D eigenvalue weighted by atomic mass is 9.92. The van der Waals surface area contributed by atoms with Crippen molar-refractivity contribution in [1.82, 2.24) is 5.32 Å². The van der Waals surface area contributed by atoms with Gasteiger partial charge in [0.25, 0.3) is 0 Å². The monoisotopic (exact) mass is 247 g/mol. The average Bonchev–Trinajstić information content (AvgIpc) is 3.05. The van der Waals surface area contributed by atoms with Crippen LogP contribution < -0.4 is 5.32 Å². The van der Waals surface area contributed by atoms with E-state index in [-0.39, 0.29) is 12.5 Å². The van der Waals surface area contributed by atoms with Crippen molar-refractivity contribution in [3.8, 4) is 0 Å². The summed E-state index contributed by atoms with van der Waals surface area (Å²) in [6.07, 6.45) is 1.59. The van der Waals surface area contributed by atoms with Crippen LogP contribution in [0.2, 0.25) is 0 Å². The highest BCUT2D eigenvalue weighted by atomic mass is 16.4. The summed E-state index contributed by atoms with van der Waals surface area (Å²) in [5.74, 6) is -1.19. The number of nitrogens with one attached hydrogen (secondary N) is 1. The second-order valence-electron chi connectivity index (χ2n) is 5.03. The largest absolute Gasteiger partial charge is 0.480 e. The van der Waals surface area contributed by atoms with Crippen LogP contribution in [0.4, 0.5) is 0 Å². The third-order valence-corrected chi connectivity index (χ3v) is 3.36. The number of benzene rings is 1. The minimum atomic E-state index is -1.01. The first-order chi connectivity index (χ1) is 8.44. The highest BCUT2D eigenvalue weighted by Crippen LogP contribution is 2.48. The molecule has 0 aliphatic heterocycles. The number of hydrogen-bond acceptors (Lipinski definition) is 2. The Balaban J connectivity index is 2.20. The first-order valence-electron chi connectivity index (χ1n) is 6.03. The van der Waals surface area contributed by atoms with Gasteiger partial charge in [0.1, 0.15) is 6.54 Å². The number of aryl methyl sites for hydroxylation is 2. The number of carbonyl (C=O) groups is 2. The van der Waals surface area contributed by atoms with E-state index in [0.717, 1.165) is 29.5 Å². The van der Waals surface area contributed by atoms with Gasteiger partial charge in [-0.1, -0.05) is 29.3 Å². The van der Waals surface area contributed by atoms with Gasteiger partial charge in [-0.25, -0.2) is 0 Å². The van der Waals surface area contributed by atoms with E-state index in [1.54, 1.807) is 0 Å². The second kappa shape index (κ2) is 4.44. The molecule has 2 rings (SSSR count). The van der Waals surface area contributed by atoms with E-state index in [9.17, 15) is 9.59 Å². The minimum absolute atomic E-state index is 0.171. The zero-order chi connectivity index (χ0) is 13.3. The third kappa shape index (κ3) is 2.37. The van der Waals surface area contributed by atoms with Crippen molar-refractivity contribution in [3.63, 3.8) is 0 Å². The summed E-state index contributed by atoms with van der Waals surface area (Å²) in [4.78, 5) is 22.6. The zero-order valence-corrected chi connectivity index (χ0v) is 10.6. The lowest BCUT2D eigenvalue weighted by molar-refractivity contribution is -0.138. The number of aliphatic carboxylic acids is 1. The predicted octanol–water partition coefficient (Wildman–Crippen LogP) is 1.54. The summed E-state index contributed by atoms with van der Waals surface area (Å²) in [6, 6.07) is 6.09. The van der Waals surface area contributed by atoms with E-state index in [2.05, 4.69) is 11.4 Å². The van der Waals surface area contributed by atoms with E-state index in [1.165, 1.54) is 0 Å². The van der Waals surface area contributed by atoms with Gasteiger partial charge in [0.15, 0.2) is 0 Å². The van der Waals surface area contributed by atoms with Crippen LogP contribution in [0.5, 0.6) is 0 Å². The molecule has 0 spiro atoms. The Bertz CT molecular complexity index is 484. The van der Waals surface area contributed by atoms with Gasteiger partial charge in [-0.2, -0.15) is 0 Å². The maximum Gasteiger partial charge on any atom is 0.322 e. The number of carbonyl (C=O) groups excluding carboxylic acids is 1. The molecule has 18 heavy (non-hydrogen) atoms. The molecule has 0 saturated heterocycles. The van der Waals surface area contributed by atoms with E-state index >= 15 is 0 Å². The van der Waals surface area contributed by atoms with E-state index in [4.69, 9.17) is 5.11 Å². The molecule has 1 fully saturated rings. The normalized spacial score (nSPS) is 16.1. The van der Waals surface area contributed by atoms with Crippen molar-refractivity contribution in [2.24, 2.45) is 0 Å². The molecule has 1 aromatic rings. The minimum Gasteiger partial charge on any atom is -0.480 e. The summed E-state index contributed by atoms with van der Waals surface area (Å²) in [6.45, 7) is 3.69. The Hall–Kier alpha value is -1.84. The van der Waals surface area contributed by atoms with Crippen LogP contribution in [0.1, 0.15) is 29.5 Å². The van der Waals surface area contributed by atoms with Crippen molar-refractivity contribution in [1.29, 1.82) is 0 Å². The fourth-order valence-electron chi connectivity index (χ4n) is 2.35. The Morgan fingerprint density at radius 1 is 1.22 bits per heavy atom. The molecule has 96 valence electrons. The standard InChI is InChI=1S/C14H17NO3/c1-9-5-10(2)7-11(6-9)14(3-4-14)13(18)15-8-12(16)17/h5-7H,3-4,8H2,1-2H3,(H,15,18)(H,16,17). The van der Waals surface area contributed by atoms with Crippen LogP contribution in [-0.4, -0.2) is 23.5 Å². The van der Waals surface area contributed by atoms with Crippen LogP contribution in [0.15, 0.2) is 18.2 Å². The van der Waals surface area contributed by atoms with Gasteiger partial charge in [-0.3, -0.25) is 9.59 Å². The molecule has 0 heterocycles. The van der Waals surface area contributed by atoms with Crippen LogP contribution in [0.3, 0.4) is 0 Å². The molecule has 1 aromatic carbocycles. The molecule has 0 radical (unpaired) electrons. The lowest BCUT2D eigenvalue weighted by Crippen LogP contribution is -2.37. The molecule has 1 aliphatic rings. The Labute approximate surface area is 106 Å². The maximum absolute atomic E-state index is 12.1. The van der Waals surface area contributed by atoms with Crippen molar-refractivity contribution in [2.45, 2.75) is 32.1 Å². The molecular weight excluding hydrogens is 230 g/mol. The van der Waals surface area contributed by atoms with Gasteiger partial charge in [0, 0.05) is 0 Å². The highest BCUT2D eigenvalue weighted by Gasteiger charge is 2.51. The highest BCUT2D eigenvalue weighted by molar-refractivity contribution is 5.93. The fourth-order valence-corrected chi connectivity index (χ4v) is 2.35. The topological polar surface area (TPSA) is 66.4 Å². The molecule has 0 aromatic heterocycles. The number of carboxylic acids is 1. The molecule has 0 atom stereocenters. The third-order valence-electron chi connectivity index (χ3n) is 3.36. The van der Waals surface area contributed by atoms with Crippen LogP contribution >= 0.6 is 0 Å². The Morgan fingerprint density at radius 2 is 1.78 bits per heavy atom. The van der Waals surface area contributed by atoms with Crippen molar-refractivity contribution in [3.05, 3.63) is 34.9 Å². The molecule has 1 amide bonds. The van der Waals surface area contributed by atoms with Gasteiger partial charge in [0.05, 0.1) is 5.41 Å². The first-order valence-corrected chi connectivity index (χ1v) is 6.03. The number of rotatable bonds is 4. The van der Waals surface area contributed by atoms with E-state index in [1.807, 2.05) is 26.0 Å². The average molecular weight is 247 g/mol. The molecule has 0 unspecified atom stereocenters. The fraction of sp³-hybridized carbons (Fsp3) is 0.429. The van der Waals surface area contributed by atoms with Gasteiger partial charge in [0.2, 0.25) is 5.91 Å². The smallest absolute Gasteiger partial charge is 0.322 e. The Kier molecular flexibility index (Phi) is 3.11. The van der Waals surface area contributed by atoms with E-state index < -0.39 is 11.4 Å². The summed E-state index contributed by atoms with van der Waals surface area (Å²) in [7, 11) is 0. The lowest BCUT2D eigenvalue weighted by Gasteiger charge is -2.16. The Morgan fingerprint density at radius 3 is 2.22 bits per heavy atom. The SMILES string of the molecule is Cc1cc(C)cc(C2(C(=O)NCC(=O)O)CC2)c1. The zero-order valence-electron chi connectivity index (χ0n) is 10.6. The van der Waals surface area contributed by atoms with Crippen LogP contribution in [-0.2, 0) is 15.0 Å². The summed E-state index contributed by atoms with van der Waals surface area (Å²) >= 11 is 0. The molecule has 4 heteroatoms. The molecule has 4 nitrogen and oxygen atoms in total. The molecule has 1 aliphatic carbocycles. The quantitative estimate of drug-likeness (QED) is 0.848. The van der Waals surface area contributed by atoms with Crippen LogP contribution in [0, 0.1) is 13.8 Å². The van der Waals surface area contributed by atoms with Crippen molar-refractivity contribution in [2.75, 3.05) is 6.54 Å². The molecule has 1 saturated carbocycles. The number of carboxylic acid groups (broad SMARTS) is 1. The number of amides is 1. The molecule has 0 bridgehead atoms. The van der Waals surface area contributed by atoms with Gasteiger partial charge < -0.3 is 10.4 Å². The van der Waals surface area contributed by atoms with Gasteiger partial charge in [-0.05, 0) is 32.3 Å². The van der Waals surface area contributed by atoms with Gasteiger partial charge in [-0.15, -0.1) is 0 Å². The molecule has 2 N–H and O–H groups in total. The van der Waals surface area contributed by atoms with Crippen LogP contribution in [0.25, 0.3) is 0 Å². The summed E-state index contributed by atoms with van der Waals surface area (Å²) in [5.41, 5.74) is 2.76. The summed E-state index contributed by atoms with van der Waals surface area (Å²) in [5, 5.41) is 11.1.